The van der Waals surface area contributed by atoms with Crippen LogP contribution in [0.5, 0.6) is 0 Å². The van der Waals surface area contributed by atoms with Gasteiger partial charge in [-0.1, -0.05) is 53.8 Å². The Morgan fingerprint density at radius 1 is 1.00 bits per heavy atom. The van der Waals surface area contributed by atoms with Gasteiger partial charge in [0.15, 0.2) is 0 Å². The van der Waals surface area contributed by atoms with Crippen molar-refractivity contribution in [2.75, 3.05) is 5.32 Å². The quantitative estimate of drug-likeness (QED) is 0.422. The van der Waals surface area contributed by atoms with Crippen molar-refractivity contribution in [3.63, 3.8) is 0 Å². The molecule has 3 aromatic heterocycles. The molecule has 0 fully saturated rings. The van der Waals surface area contributed by atoms with E-state index in [1.165, 1.54) is 28.3 Å². The third-order valence-electron chi connectivity index (χ3n) is 5.19. The van der Waals surface area contributed by atoms with E-state index < -0.39 is 0 Å². The summed E-state index contributed by atoms with van der Waals surface area (Å²) in [4.78, 5) is 39.4. The number of hydrogen-bond donors (Lipinski definition) is 1. The molecule has 8 heteroatoms. The molecule has 1 amide bonds. The fourth-order valence-corrected chi connectivity index (χ4v) is 4.34. The van der Waals surface area contributed by atoms with Crippen LogP contribution in [0.15, 0.2) is 84.0 Å². The van der Waals surface area contributed by atoms with Crippen LogP contribution in [0.25, 0.3) is 32.2 Å². The Hall–Kier alpha value is -4.17. The second kappa shape index (κ2) is 8.76. The largest absolute Gasteiger partial charge is 0.324 e. The number of carbonyl (C=O) groups excluding carboxylic acids is 1. The summed E-state index contributed by atoms with van der Waals surface area (Å²) in [6.45, 7) is 1.79. The predicted molar refractivity (Wildman–Crippen MR) is 130 cm³/mol. The highest BCUT2D eigenvalue weighted by atomic mass is 32.1. The van der Waals surface area contributed by atoms with E-state index in [-0.39, 0.29) is 18.0 Å². The molecule has 33 heavy (non-hydrogen) atoms. The Morgan fingerprint density at radius 3 is 2.64 bits per heavy atom. The van der Waals surface area contributed by atoms with Gasteiger partial charge < -0.3 is 5.32 Å². The molecule has 0 aliphatic carbocycles. The molecule has 7 nitrogen and oxygen atoms in total. The van der Waals surface area contributed by atoms with Crippen LogP contribution in [-0.4, -0.2) is 25.4 Å². The van der Waals surface area contributed by atoms with Gasteiger partial charge in [-0.15, -0.1) is 0 Å². The number of nitrogens with zero attached hydrogens (tertiary/aromatic N) is 4. The van der Waals surface area contributed by atoms with Gasteiger partial charge in [0.25, 0.3) is 5.56 Å². The maximum atomic E-state index is 12.7. The maximum absolute atomic E-state index is 12.7. The zero-order chi connectivity index (χ0) is 22.8. The second-order valence-corrected chi connectivity index (χ2v) is 8.51. The summed E-state index contributed by atoms with van der Waals surface area (Å²) in [6, 6.07) is 20.5. The first-order valence-electron chi connectivity index (χ1n) is 10.3. The molecule has 0 radical (unpaired) electrons. The number of benzene rings is 2. The summed E-state index contributed by atoms with van der Waals surface area (Å²) in [6.07, 6.45) is 3.15. The summed E-state index contributed by atoms with van der Waals surface area (Å²) < 4.78 is 1.29. The van der Waals surface area contributed by atoms with Gasteiger partial charge in [0.05, 0.1) is 12.0 Å². The first kappa shape index (κ1) is 20.7. The first-order chi connectivity index (χ1) is 16.1. The number of fused-ring (bicyclic) bond motifs is 1. The summed E-state index contributed by atoms with van der Waals surface area (Å²) in [5.74, 6) is -0.308. The van der Waals surface area contributed by atoms with E-state index >= 15 is 0 Å². The minimum Gasteiger partial charge on any atom is -0.324 e. The van der Waals surface area contributed by atoms with Crippen molar-refractivity contribution in [2.45, 2.75) is 13.5 Å². The van der Waals surface area contributed by atoms with Crippen LogP contribution in [0.4, 0.5) is 5.69 Å². The summed E-state index contributed by atoms with van der Waals surface area (Å²) in [7, 11) is 0. The van der Waals surface area contributed by atoms with E-state index in [0.717, 1.165) is 32.0 Å². The summed E-state index contributed by atoms with van der Waals surface area (Å²) in [5.41, 5.74) is 4.46. The van der Waals surface area contributed by atoms with E-state index in [4.69, 9.17) is 0 Å². The van der Waals surface area contributed by atoms with Crippen LogP contribution in [0.3, 0.4) is 0 Å². The van der Waals surface area contributed by atoms with Gasteiger partial charge in [-0.05, 0) is 30.7 Å². The van der Waals surface area contributed by atoms with Crippen molar-refractivity contribution in [1.29, 1.82) is 0 Å². The second-order valence-electron chi connectivity index (χ2n) is 7.53. The van der Waals surface area contributed by atoms with Crippen molar-refractivity contribution in [3.05, 3.63) is 95.2 Å². The van der Waals surface area contributed by atoms with Crippen LogP contribution >= 0.6 is 11.3 Å². The number of aryl methyl sites for hydroxylation is 1. The van der Waals surface area contributed by atoms with Gasteiger partial charge in [0.1, 0.15) is 21.9 Å². The van der Waals surface area contributed by atoms with E-state index in [0.29, 0.717) is 11.4 Å². The van der Waals surface area contributed by atoms with E-state index in [1.54, 1.807) is 6.20 Å². The molecule has 0 unspecified atom stereocenters. The zero-order valence-corrected chi connectivity index (χ0v) is 18.5. The SMILES string of the molecule is Cc1ccc(-c2nc3cccnc3s2)cc1NC(=O)Cn1cnc(-c2ccccc2)cc1=O. The number of aromatic nitrogens is 4. The van der Waals surface area contributed by atoms with Gasteiger partial charge in [-0.25, -0.2) is 15.0 Å². The van der Waals surface area contributed by atoms with Crippen molar-refractivity contribution >= 4 is 33.3 Å². The smallest absolute Gasteiger partial charge is 0.254 e. The highest BCUT2D eigenvalue weighted by Gasteiger charge is 2.12. The molecule has 0 spiro atoms. The molecule has 5 aromatic rings. The van der Waals surface area contributed by atoms with Crippen LogP contribution in [-0.2, 0) is 11.3 Å². The highest BCUT2D eigenvalue weighted by molar-refractivity contribution is 7.21. The number of hydrogen-bond acceptors (Lipinski definition) is 6. The maximum Gasteiger partial charge on any atom is 0.254 e. The third kappa shape index (κ3) is 4.42. The molecule has 0 atom stereocenters. The first-order valence-corrected chi connectivity index (χ1v) is 11.1. The van der Waals surface area contributed by atoms with E-state index in [1.807, 2.05) is 67.6 Å². The normalized spacial score (nSPS) is 10.9. The topological polar surface area (TPSA) is 89.8 Å². The van der Waals surface area contributed by atoms with Crippen molar-refractivity contribution < 1.29 is 4.79 Å². The summed E-state index contributed by atoms with van der Waals surface area (Å²) >= 11 is 1.50. The zero-order valence-electron chi connectivity index (χ0n) is 17.7. The number of carbonyl (C=O) groups is 1. The fraction of sp³-hybridized carbons (Fsp3) is 0.0800. The number of anilines is 1. The van der Waals surface area contributed by atoms with Gasteiger partial charge in [0.2, 0.25) is 5.91 Å². The Balaban J connectivity index is 1.35. The van der Waals surface area contributed by atoms with Crippen molar-refractivity contribution in [1.82, 2.24) is 19.5 Å². The highest BCUT2D eigenvalue weighted by Crippen LogP contribution is 2.31. The number of nitrogens with one attached hydrogen (secondary N) is 1. The molecule has 0 bridgehead atoms. The minimum atomic E-state index is -0.308. The minimum absolute atomic E-state index is 0.129. The van der Waals surface area contributed by atoms with Gasteiger partial charge in [0, 0.05) is 29.1 Å². The molecule has 0 aliphatic rings. The molecule has 0 saturated heterocycles. The van der Waals surface area contributed by atoms with E-state index in [9.17, 15) is 9.59 Å². The van der Waals surface area contributed by atoms with Gasteiger partial charge in [-0.3, -0.25) is 14.2 Å². The van der Waals surface area contributed by atoms with Crippen LogP contribution in [0.2, 0.25) is 0 Å². The number of rotatable bonds is 5. The van der Waals surface area contributed by atoms with E-state index in [2.05, 4.69) is 20.3 Å². The van der Waals surface area contributed by atoms with Gasteiger partial charge >= 0.3 is 0 Å². The number of pyridine rings is 1. The Morgan fingerprint density at radius 2 is 1.85 bits per heavy atom. The molecule has 0 saturated carbocycles. The Bertz CT molecular complexity index is 1490. The lowest BCUT2D eigenvalue weighted by atomic mass is 10.1. The Labute approximate surface area is 193 Å². The number of amides is 1. The molecule has 1 N–H and O–H groups in total. The molecule has 2 aromatic carbocycles. The number of thiazole rings is 1. The fourth-order valence-electron chi connectivity index (χ4n) is 3.44. The third-order valence-corrected chi connectivity index (χ3v) is 6.22. The van der Waals surface area contributed by atoms with Crippen LogP contribution in [0.1, 0.15) is 5.56 Å². The lowest BCUT2D eigenvalue weighted by Gasteiger charge is -2.11. The van der Waals surface area contributed by atoms with Crippen LogP contribution < -0.4 is 10.9 Å². The molecule has 162 valence electrons. The lowest BCUT2D eigenvalue weighted by Crippen LogP contribution is -2.27. The van der Waals surface area contributed by atoms with Crippen molar-refractivity contribution in [2.24, 2.45) is 0 Å². The van der Waals surface area contributed by atoms with Crippen molar-refractivity contribution in [3.8, 4) is 21.8 Å². The van der Waals surface area contributed by atoms with Gasteiger partial charge in [-0.2, -0.15) is 0 Å². The lowest BCUT2D eigenvalue weighted by molar-refractivity contribution is -0.116. The van der Waals surface area contributed by atoms with Crippen LogP contribution in [0, 0.1) is 6.92 Å². The monoisotopic (exact) mass is 453 g/mol. The predicted octanol–water partition coefficient (Wildman–Crippen LogP) is 4.53. The molecule has 3 heterocycles. The Kier molecular flexibility index (Phi) is 5.50. The molecular formula is C25H19N5O2S. The molecule has 5 rings (SSSR count). The molecular weight excluding hydrogens is 434 g/mol. The molecule has 0 aliphatic heterocycles. The average molecular weight is 454 g/mol. The standard InChI is InChI=1S/C25H19N5O2S/c1-16-9-10-18(24-29-19-8-5-11-26-25(19)33-24)12-20(16)28-22(31)14-30-15-27-21(13-23(30)32)17-6-3-2-4-7-17/h2-13,15H,14H2,1H3,(H,28,31). The average Bonchev–Trinajstić information content (AvgIpc) is 3.27. The summed E-state index contributed by atoms with van der Waals surface area (Å²) in [5, 5.41) is 3.74.